The zero-order valence-corrected chi connectivity index (χ0v) is 62.4. The average Bonchev–Trinajstić information content (AvgIpc) is 1.75. The van der Waals surface area contributed by atoms with E-state index < -0.39 is 218 Å². The number of nitrogens with zero attached hydrogens (tertiary/aromatic N) is 2. The van der Waals surface area contributed by atoms with Gasteiger partial charge in [0, 0.05) is 25.9 Å². The predicted octanol–water partition coefficient (Wildman–Crippen LogP) is -6.23. The number of alkyl halides is 3. The normalized spacial score (nSPS) is 15.8. The second-order valence-corrected chi connectivity index (χ2v) is 26.9. The number of benzene rings is 1. The van der Waals surface area contributed by atoms with Gasteiger partial charge in [0.15, 0.2) is 5.96 Å². The Morgan fingerprint density at radius 2 is 1.00 bits per heavy atom. The van der Waals surface area contributed by atoms with Gasteiger partial charge in [-0.15, -0.1) is 0 Å². The number of hydrogen-bond acceptors (Lipinski definition) is 22. The molecule has 1 aliphatic heterocycles. The summed E-state index contributed by atoms with van der Waals surface area (Å²) in [4.78, 5) is 216. The van der Waals surface area contributed by atoms with Crippen molar-refractivity contribution < 1.29 is 115 Å². The lowest BCUT2D eigenvalue weighted by Gasteiger charge is -2.29. The van der Waals surface area contributed by atoms with Gasteiger partial charge >= 0.3 is 24.1 Å². The number of aliphatic hydroxyl groups is 2. The van der Waals surface area contributed by atoms with Crippen LogP contribution in [0.3, 0.4) is 0 Å². The minimum Gasteiger partial charge on any atom is -0.481 e. The number of nitrogens with two attached hydrogens (primary N) is 6. The summed E-state index contributed by atoms with van der Waals surface area (Å²) in [5.41, 5.74) is 34.5. The number of aliphatic hydroxyl groups excluding tert-OH is 2. The maximum atomic E-state index is 14.4. The highest BCUT2D eigenvalue weighted by Gasteiger charge is 2.42. The van der Waals surface area contributed by atoms with Crippen LogP contribution >= 0.6 is 0 Å². The summed E-state index contributed by atoms with van der Waals surface area (Å²) in [6.07, 6.45) is -6.62. The van der Waals surface area contributed by atoms with Gasteiger partial charge in [-0.2, -0.15) is 13.2 Å². The molecule has 0 saturated carbocycles. The van der Waals surface area contributed by atoms with E-state index in [0.717, 1.165) is 11.8 Å². The number of hydrogen-bond donors (Lipinski definition) is 22. The molecule has 0 aromatic heterocycles. The van der Waals surface area contributed by atoms with Crippen molar-refractivity contribution in [1.82, 2.24) is 63.4 Å². The second kappa shape index (κ2) is 50.3. The number of carboxylic acids is 3. The fraction of sp³-hybridized carbons (Fsp3) is 0.657. The van der Waals surface area contributed by atoms with Gasteiger partial charge in [-0.25, -0.2) is 4.79 Å². The number of aliphatic imine (C=N–C) groups is 1. The molecule has 40 nitrogen and oxygen atoms in total. The van der Waals surface area contributed by atoms with Crippen molar-refractivity contribution in [2.24, 2.45) is 51.2 Å². The van der Waals surface area contributed by atoms with Crippen LogP contribution < -0.4 is 92.9 Å². The van der Waals surface area contributed by atoms with E-state index in [1.807, 2.05) is 0 Å². The summed E-state index contributed by atoms with van der Waals surface area (Å²) >= 11 is 0. The van der Waals surface area contributed by atoms with Crippen molar-refractivity contribution >= 4 is 101 Å². The van der Waals surface area contributed by atoms with Gasteiger partial charge in [-0.05, 0) is 121 Å². The third-order valence-electron chi connectivity index (χ3n) is 16.5. The van der Waals surface area contributed by atoms with Crippen LogP contribution in [0.15, 0.2) is 35.3 Å². The first-order valence-corrected chi connectivity index (χ1v) is 35.7. The highest BCUT2D eigenvalue weighted by atomic mass is 19.4. The Balaban J connectivity index is 0.00000820. The molecule has 0 bridgehead atoms. The second-order valence-electron chi connectivity index (χ2n) is 26.9. The molecule has 13 amide bonds. The van der Waals surface area contributed by atoms with Gasteiger partial charge in [0.2, 0.25) is 76.8 Å². The van der Waals surface area contributed by atoms with Crippen molar-refractivity contribution in [1.29, 1.82) is 0 Å². The molecule has 110 heavy (non-hydrogen) atoms. The first-order valence-electron chi connectivity index (χ1n) is 35.7. The molecule has 0 spiro atoms. The van der Waals surface area contributed by atoms with Crippen molar-refractivity contribution in [3.8, 4) is 0 Å². The summed E-state index contributed by atoms with van der Waals surface area (Å²) in [6, 6.07) is -9.96. The van der Waals surface area contributed by atoms with E-state index >= 15 is 0 Å². The van der Waals surface area contributed by atoms with Crippen molar-refractivity contribution in [2.45, 2.75) is 229 Å². The molecule has 2 rings (SSSR count). The van der Waals surface area contributed by atoms with E-state index in [-0.39, 0.29) is 82.9 Å². The fourth-order valence-electron chi connectivity index (χ4n) is 10.8. The Bertz CT molecular complexity index is 3280. The molecule has 28 N–H and O–H groups in total. The SMILES string of the molecule is CC(C)C[C@H](NC(=O)[C@H](CCCCN)NC(=O)[C@@H](N)CCCCN)C(=O)N[C@@H](CC(N)=O)C(=O)N[C@@H](CCCN=C(N)N)C(=O)N[C@H](C(=O)N[C@@H](CC(C)C)C(=O)N[C@@H](CO)C(=O)N[C@@H](Cc1ccccc1)C(=O)N[C@@H](C)C(=O)N[C@@H](CCC(=O)O)C(=O)N1CCC[C@H]1C(=O)NCC(=O)O)[C@@H](C)O.O=C(O)C(F)(F)F. The van der Waals surface area contributed by atoms with Crippen molar-refractivity contribution in [3.63, 3.8) is 0 Å². The molecular formula is C67H110F3N19O21. The van der Waals surface area contributed by atoms with Crippen LogP contribution in [-0.4, -0.2) is 255 Å². The van der Waals surface area contributed by atoms with E-state index in [1.165, 1.54) is 6.92 Å². The van der Waals surface area contributed by atoms with Crippen LogP contribution in [0.2, 0.25) is 0 Å². The Hall–Kier alpha value is -10.4. The number of halogens is 3. The zero-order chi connectivity index (χ0) is 83.7. The quantitative estimate of drug-likeness (QED) is 0.0164. The average molecular weight is 1570 g/mol. The van der Waals surface area contributed by atoms with Gasteiger partial charge in [0.25, 0.3) is 0 Å². The van der Waals surface area contributed by atoms with Crippen LogP contribution in [0, 0.1) is 11.8 Å². The van der Waals surface area contributed by atoms with E-state index in [9.17, 15) is 100 Å². The lowest BCUT2D eigenvalue weighted by molar-refractivity contribution is -0.192. The molecule has 620 valence electrons. The number of carbonyl (C=O) groups is 16. The number of guanidine groups is 1. The van der Waals surface area contributed by atoms with Crippen LogP contribution in [0.5, 0.6) is 0 Å². The first-order chi connectivity index (χ1) is 51.5. The lowest BCUT2D eigenvalue weighted by Crippen LogP contribution is -2.62. The number of likely N-dealkylation sites (tertiary alicyclic amines) is 1. The smallest absolute Gasteiger partial charge is 0.481 e. The molecule has 1 saturated heterocycles. The molecular weight excluding hydrogens is 1460 g/mol. The summed E-state index contributed by atoms with van der Waals surface area (Å²) < 4.78 is 31.7. The largest absolute Gasteiger partial charge is 0.490 e. The monoisotopic (exact) mass is 1570 g/mol. The summed E-state index contributed by atoms with van der Waals surface area (Å²) in [6.45, 7) is 7.85. The van der Waals surface area contributed by atoms with Gasteiger partial charge in [-0.1, -0.05) is 64.4 Å². The minimum atomic E-state index is -5.08. The topological polar surface area (TPSA) is 678 Å². The zero-order valence-electron chi connectivity index (χ0n) is 62.4. The molecule has 43 heteroatoms. The Labute approximate surface area is 632 Å². The Morgan fingerprint density at radius 1 is 0.545 bits per heavy atom. The molecule has 1 fully saturated rings. The Morgan fingerprint density at radius 3 is 1.50 bits per heavy atom. The van der Waals surface area contributed by atoms with E-state index in [1.54, 1.807) is 58.0 Å². The molecule has 0 unspecified atom stereocenters. The van der Waals surface area contributed by atoms with Crippen LogP contribution in [0.1, 0.15) is 143 Å². The number of carbonyl (C=O) groups excluding carboxylic acids is 13. The number of carboxylic acid groups (broad SMARTS) is 3. The predicted molar refractivity (Wildman–Crippen MR) is 386 cm³/mol. The molecule has 1 aliphatic rings. The standard InChI is InChI=1S/C65H109N19O19.C2HF3O2/c1-34(2)28-43(78-55(94)40(19-11-13-25-67)75-54(93)39(68)18-10-12-24-66)58(97)80-46(31-49(69)87)60(99)76-41(20-14-26-72-65(70)71)56(95)83-52(37(6)86)63(102)81-44(29-35(3)4)59(98)82-47(33-85)61(100)79-45(30-38-16-8-7-9-17-38)57(96)74-36(5)53(92)77-42(22-23-50(88)89)64(103)84-27-15-21-48(84)62(101)73-32-51(90)91;3-2(4,5)1(6)7/h7-9,16-17,34-37,39-48,52,85-86H,10-15,18-33,66-68H2,1-6H3,(H2,69,87)(H,73,101)(H,74,96)(H,75,93)(H,76,99)(H,77,92)(H,78,94)(H,79,100)(H,80,97)(H,81,102)(H,82,98)(H,83,95)(H,88,89)(H,90,91)(H4,70,71,72);(H,6,7)/t36-,37+,39-,40-,41-,42-,43-,44-,45-,46-,47-,48-,52-;/m0./s1. The highest BCUT2D eigenvalue weighted by molar-refractivity contribution is 6.00. The number of amides is 13. The van der Waals surface area contributed by atoms with Crippen molar-refractivity contribution in [2.75, 3.05) is 39.3 Å². The lowest BCUT2D eigenvalue weighted by atomic mass is 10.0. The maximum absolute atomic E-state index is 14.4. The number of nitrogens with one attached hydrogen (secondary N) is 11. The third kappa shape index (κ3) is 38.1. The fourth-order valence-corrected chi connectivity index (χ4v) is 10.8. The Kier molecular flexibility index (Phi) is 44.7. The van der Waals surface area contributed by atoms with E-state index in [4.69, 9.17) is 49.4 Å². The number of rotatable bonds is 49. The van der Waals surface area contributed by atoms with Crippen LogP contribution in [-0.2, 0) is 83.1 Å². The summed E-state index contributed by atoms with van der Waals surface area (Å²) in [7, 11) is 0. The van der Waals surface area contributed by atoms with E-state index in [2.05, 4.69) is 63.5 Å². The van der Waals surface area contributed by atoms with Gasteiger partial charge in [-0.3, -0.25) is 76.9 Å². The molecule has 0 radical (unpaired) electrons. The van der Waals surface area contributed by atoms with Crippen LogP contribution in [0.4, 0.5) is 13.2 Å². The van der Waals surface area contributed by atoms with Gasteiger partial charge in [0.05, 0.1) is 25.2 Å². The molecule has 0 aliphatic carbocycles. The van der Waals surface area contributed by atoms with E-state index in [0.29, 0.717) is 44.2 Å². The molecule has 1 aromatic rings. The van der Waals surface area contributed by atoms with Crippen LogP contribution in [0.25, 0.3) is 0 Å². The van der Waals surface area contributed by atoms with Crippen molar-refractivity contribution in [3.05, 3.63) is 35.9 Å². The van der Waals surface area contributed by atoms with Gasteiger partial charge in [0.1, 0.15) is 73.0 Å². The molecule has 13 atom stereocenters. The first kappa shape index (κ1) is 97.6. The number of aliphatic carboxylic acids is 3. The number of unbranched alkanes of at least 4 members (excludes halogenated alkanes) is 2. The summed E-state index contributed by atoms with van der Waals surface area (Å²) in [5.74, 6) is -19.2. The third-order valence-corrected chi connectivity index (χ3v) is 16.5. The maximum Gasteiger partial charge on any atom is 0.490 e. The minimum absolute atomic E-state index is 0.0142. The summed E-state index contributed by atoms with van der Waals surface area (Å²) in [5, 5.41) is 74.2. The molecule has 1 aromatic carbocycles. The van der Waals surface area contributed by atoms with Gasteiger partial charge < -0.3 is 123 Å². The highest BCUT2D eigenvalue weighted by Crippen LogP contribution is 2.21. The molecule has 1 heterocycles. The number of primary amides is 1.